The molecule has 8 nitrogen and oxygen atoms in total. The fourth-order valence-corrected chi connectivity index (χ4v) is 3.94. The summed E-state index contributed by atoms with van der Waals surface area (Å²) >= 11 is 0. The molecule has 0 aliphatic rings. The van der Waals surface area contributed by atoms with E-state index < -0.39 is 22.1 Å². The first-order chi connectivity index (χ1) is 15.8. The van der Waals surface area contributed by atoms with Gasteiger partial charge in [-0.1, -0.05) is 60.7 Å². The molecule has 3 amide bonds. The zero-order chi connectivity index (χ0) is 23.8. The van der Waals surface area contributed by atoms with Crippen molar-refractivity contribution in [3.05, 3.63) is 96.1 Å². The van der Waals surface area contributed by atoms with Gasteiger partial charge in [0.1, 0.15) is 6.04 Å². The predicted molar refractivity (Wildman–Crippen MR) is 127 cm³/mol. The van der Waals surface area contributed by atoms with E-state index in [0.29, 0.717) is 16.8 Å². The van der Waals surface area contributed by atoms with Gasteiger partial charge < -0.3 is 16.0 Å². The number of carbonyl (C=O) groups excluding carboxylic acids is 2. The third kappa shape index (κ3) is 6.41. The number of hydrogen-bond donors (Lipinski definition) is 3. The molecule has 3 rings (SSSR count). The summed E-state index contributed by atoms with van der Waals surface area (Å²) in [5.74, 6) is -0.374. The Morgan fingerprint density at radius 3 is 2.00 bits per heavy atom. The quantitative estimate of drug-likeness (QED) is 0.474. The van der Waals surface area contributed by atoms with Gasteiger partial charge in [0.05, 0.1) is 4.90 Å². The molecule has 0 unspecified atom stereocenters. The Labute approximate surface area is 193 Å². The van der Waals surface area contributed by atoms with Crippen molar-refractivity contribution in [3.63, 3.8) is 0 Å². The van der Waals surface area contributed by atoms with E-state index in [1.54, 1.807) is 48.5 Å². The molecule has 0 saturated carbocycles. The maximum absolute atomic E-state index is 12.9. The van der Waals surface area contributed by atoms with Crippen LogP contribution in [0.2, 0.25) is 0 Å². The molecule has 0 bridgehead atoms. The smallest absolute Gasteiger partial charge is 0.315 e. The van der Waals surface area contributed by atoms with Crippen molar-refractivity contribution < 1.29 is 18.0 Å². The second-order valence-electron chi connectivity index (χ2n) is 7.46. The largest absolute Gasteiger partial charge is 0.334 e. The highest BCUT2D eigenvalue weighted by molar-refractivity contribution is 7.89. The molecule has 0 aliphatic carbocycles. The van der Waals surface area contributed by atoms with Gasteiger partial charge in [-0.3, -0.25) is 4.79 Å². The lowest BCUT2D eigenvalue weighted by Gasteiger charge is -2.19. The SMILES string of the molecule is CN(C)S(=O)(=O)c1ccc(CNC(=O)N[C@H](C(=O)Nc2ccccc2)c2ccccc2)cc1. The summed E-state index contributed by atoms with van der Waals surface area (Å²) in [5.41, 5.74) is 1.98. The third-order valence-corrected chi connectivity index (χ3v) is 6.70. The van der Waals surface area contributed by atoms with E-state index in [1.165, 1.54) is 26.2 Å². The van der Waals surface area contributed by atoms with E-state index in [9.17, 15) is 18.0 Å². The Morgan fingerprint density at radius 2 is 1.42 bits per heavy atom. The molecular formula is C24H26N4O4S. The van der Waals surface area contributed by atoms with Crippen molar-refractivity contribution in [1.29, 1.82) is 0 Å². The van der Waals surface area contributed by atoms with Crippen LogP contribution in [0.5, 0.6) is 0 Å². The lowest BCUT2D eigenvalue weighted by Crippen LogP contribution is -2.42. The number of benzene rings is 3. The minimum atomic E-state index is -3.52. The van der Waals surface area contributed by atoms with E-state index in [-0.39, 0.29) is 17.3 Å². The molecule has 0 spiro atoms. The number of nitrogens with one attached hydrogen (secondary N) is 3. The van der Waals surface area contributed by atoms with Crippen molar-refractivity contribution in [2.45, 2.75) is 17.5 Å². The van der Waals surface area contributed by atoms with Crippen LogP contribution in [0, 0.1) is 0 Å². The Hall–Kier alpha value is -3.69. The van der Waals surface area contributed by atoms with E-state index >= 15 is 0 Å². The Bertz CT molecular complexity index is 1180. The topological polar surface area (TPSA) is 108 Å². The highest BCUT2D eigenvalue weighted by atomic mass is 32.2. The number of para-hydroxylation sites is 1. The van der Waals surface area contributed by atoms with Crippen molar-refractivity contribution >= 4 is 27.6 Å². The number of sulfonamides is 1. The molecule has 0 radical (unpaired) electrons. The molecule has 3 aromatic rings. The Morgan fingerprint density at radius 1 is 0.848 bits per heavy atom. The first kappa shape index (κ1) is 24.0. The van der Waals surface area contributed by atoms with E-state index in [2.05, 4.69) is 16.0 Å². The molecule has 33 heavy (non-hydrogen) atoms. The van der Waals surface area contributed by atoms with Crippen molar-refractivity contribution in [2.24, 2.45) is 0 Å². The van der Waals surface area contributed by atoms with Crippen LogP contribution < -0.4 is 16.0 Å². The van der Waals surface area contributed by atoms with E-state index in [1.807, 2.05) is 24.3 Å². The lowest BCUT2D eigenvalue weighted by atomic mass is 10.1. The molecule has 1 atom stereocenters. The highest BCUT2D eigenvalue weighted by Gasteiger charge is 2.23. The van der Waals surface area contributed by atoms with Gasteiger partial charge in [-0.15, -0.1) is 0 Å². The van der Waals surface area contributed by atoms with Gasteiger partial charge in [0.25, 0.3) is 5.91 Å². The first-order valence-corrected chi connectivity index (χ1v) is 11.7. The van der Waals surface area contributed by atoms with Crippen LogP contribution in [0.1, 0.15) is 17.2 Å². The summed E-state index contributed by atoms with van der Waals surface area (Å²) in [4.78, 5) is 25.6. The number of anilines is 1. The van der Waals surface area contributed by atoms with Gasteiger partial charge in [-0.05, 0) is 35.4 Å². The van der Waals surface area contributed by atoms with E-state index in [4.69, 9.17) is 0 Å². The average molecular weight is 467 g/mol. The number of rotatable bonds is 8. The average Bonchev–Trinajstić information content (AvgIpc) is 2.82. The number of carbonyl (C=O) groups is 2. The fraction of sp³-hybridized carbons (Fsp3) is 0.167. The standard InChI is InChI=1S/C24H26N4O4S/c1-28(2)33(31,32)21-15-13-18(14-16-21)17-25-24(30)27-22(19-9-5-3-6-10-19)23(29)26-20-11-7-4-8-12-20/h3-16,22H,17H2,1-2H3,(H,26,29)(H2,25,27,30)/t22-/m0/s1. The van der Waals surface area contributed by atoms with Gasteiger partial charge in [-0.25, -0.2) is 17.5 Å². The predicted octanol–water partition coefficient (Wildman–Crippen LogP) is 3.12. The summed E-state index contributed by atoms with van der Waals surface area (Å²) in [5, 5.41) is 8.23. The monoisotopic (exact) mass is 466 g/mol. The number of nitrogens with zero attached hydrogens (tertiary/aromatic N) is 1. The lowest BCUT2D eigenvalue weighted by molar-refractivity contribution is -0.118. The van der Waals surface area contributed by atoms with Gasteiger partial charge in [0, 0.05) is 26.3 Å². The molecule has 0 fully saturated rings. The molecule has 3 aromatic carbocycles. The molecule has 0 aromatic heterocycles. The molecule has 0 saturated heterocycles. The van der Waals surface area contributed by atoms with Crippen molar-refractivity contribution in [3.8, 4) is 0 Å². The number of hydrogen-bond acceptors (Lipinski definition) is 4. The zero-order valence-corrected chi connectivity index (χ0v) is 19.2. The highest BCUT2D eigenvalue weighted by Crippen LogP contribution is 2.17. The fourth-order valence-electron chi connectivity index (χ4n) is 3.04. The Kier molecular flexibility index (Phi) is 7.81. The maximum atomic E-state index is 12.9. The van der Waals surface area contributed by atoms with Crippen molar-refractivity contribution in [2.75, 3.05) is 19.4 Å². The van der Waals surface area contributed by atoms with Gasteiger partial charge in [0.2, 0.25) is 10.0 Å². The van der Waals surface area contributed by atoms with Crippen LogP contribution in [-0.4, -0.2) is 38.8 Å². The maximum Gasteiger partial charge on any atom is 0.315 e. The van der Waals surface area contributed by atoms with Crippen LogP contribution in [0.15, 0.2) is 89.8 Å². The zero-order valence-electron chi connectivity index (χ0n) is 18.4. The molecule has 0 heterocycles. The second kappa shape index (κ2) is 10.8. The number of urea groups is 1. The third-order valence-electron chi connectivity index (χ3n) is 4.87. The van der Waals surface area contributed by atoms with Crippen LogP contribution in [-0.2, 0) is 21.4 Å². The first-order valence-electron chi connectivity index (χ1n) is 10.2. The number of amides is 3. The summed E-state index contributed by atoms with van der Waals surface area (Å²) in [6.45, 7) is 0.163. The second-order valence-corrected chi connectivity index (χ2v) is 9.61. The van der Waals surface area contributed by atoms with Gasteiger partial charge in [-0.2, -0.15) is 0 Å². The minimum absolute atomic E-state index is 0.163. The molecule has 9 heteroatoms. The molecule has 0 aliphatic heterocycles. The minimum Gasteiger partial charge on any atom is -0.334 e. The summed E-state index contributed by atoms with van der Waals surface area (Å²) in [6, 6.07) is 22.7. The van der Waals surface area contributed by atoms with Crippen LogP contribution >= 0.6 is 0 Å². The summed E-state index contributed by atoms with van der Waals surface area (Å²) in [6.07, 6.45) is 0. The van der Waals surface area contributed by atoms with Crippen molar-refractivity contribution in [1.82, 2.24) is 14.9 Å². The Balaban J connectivity index is 1.65. The molecule has 3 N–H and O–H groups in total. The van der Waals surface area contributed by atoms with Crippen LogP contribution in [0.4, 0.5) is 10.5 Å². The van der Waals surface area contributed by atoms with Crippen LogP contribution in [0.25, 0.3) is 0 Å². The normalized spacial score (nSPS) is 12.1. The summed E-state index contributed by atoms with van der Waals surface area (Å²) < 4.78 is 25.5. The van der Waals surface area contributed by atoms with Gasteiger partial charge >= 0.3 is 6.03 Å². The van der Waals surface area contributed by atoms with E-state index in [0.717, 1.165) is 4.31 Å². The van der Waals surface area contributed by atoms with Crippen LogP contribution in [0.3, 0.4) is 0 Å². The molecule has 172 valence electrons. The summed E-state index contributed by atoms with van der Waals surface area (Å²) in [7, 11) is -0.589. The van der Waals surface area contributed by atoms with Gasteiger partial charge in [0.15, 0.2) is 0 Å². The molecular weight excluding hydrogens is 440 g/mol.